The first-order valence-corrected chi connectivity index (χ1v) is 14.1. The average molecular weight is 546 g/mol. The number of thiophene rings is 1. The number of piperidine rings is 3. The highest BCUT2D eigenvalue weighted by Gasteiger charge is 2.51. The van der Waals surface area contributed by atoms with Crippen LogP contribution in [-0.4, -0.2) is 46.3 Å². The van der Waals surface area contributed by atoms with E-state index in [0.29, 0.717) is 24.2 Å². The zero-order valence-corrected chi connectivity index (χ0v) is 22.5. The van der Waals surface area contributed by atoms with Gasteiger partial charge in [-0.05, 0) is 48.6 Å². The minimum Gasteiger partial charge on any atom is -1.00 e. The van der Waals surface area contributed by atoms with E-state index < -0.39 is 5.41 Å². The molecule has 5 heterocycles. The molecular formula is C28H33ClFN3O3S. The minimum atomic E-state index is -0.488. The predicted octanol–water partition coefficient (Wildman–Crippen LogP) is 2.89. The van der Waals surface area contributed by atoms with Crippen LogP contribution in [0.3, 0.4) is 0 Å². The zero-order valence-electron chi connectivity index (χ0n) is 20.9. The number of carbonyl (C=O) groups excluding carboxylic acids is 1. The molecule has 1 unspecified atom stereocenters. The summed E-state index contributed by atoms with van der Waals surface area (Å²) in [6.45, 7) is 3.49. The Morgan fingerprint density at radius 1 is 1.11 bits per heavy atom. The summed E-state index contributed by atoms with van der Waals surface area (Å²) >= 11 is 1.69. The number of halogens is 2. The number of fused-ring (bicyclic) bond motifs is 3. The van der Waals surface area contributed by atoms with Crippen molar-refractivity contribution in [2.75, 3.05) is 19.6 Å². The smallest absolute Gasteiger partial charge is 0.317 e. The van der Waals surface area contributed by atoms with Crippen molar-refractivity contribution in [2.45, 2.75) is 69.4 Å². The second kappa shape index (κ2) is 10.8. The Hall–Kier alpha value is -2.29. The van der Waals surface area contributed by atoms with Crippen molar-refractivity contribution < 1.29 is 35.3 Å². The Bertz CT molecular complexity index is 1180. The van der Waals surface area contributed by atoms with Crippen LogP contribution in [0.4, 0.5) is 4.39 Å². The lowest BCUT2D eigenvalue weighted by atomic mass is 9.78. The molecule has 3 aromatic rings. The number of esters is 1. The summed E-state index contributed by atoms with van der Waals surface area (Å²) in [6.07, 6.45) is 8.33. The average Bonchev–Trinajstić information content (AvgIpc) is 3.53. The lowest BCUT2D eigenvalue weighted by molar-refractivity contribution is -0.959. The van der Waals surface area contributed by atoms with E-state index in [1.165, 1.54) is 29.9 Å². The summed E-state index contributed by atoms with van der Waals surface area (Å²) in [7, 11) is 0. The first kappa shape index (κ1) is 26.3. The number of rotatable bonds is 6. The molecule has 3 aliphatic heterocycles. The number of benzene rings is 1. The molecule has 3 saturated heterocycles. The molecule has 1 atom stereocenters. The highest BCUT2D eigenvalue weighted by molar-refractivity contribution is 7.10. The van der Waals surface area contributed by atoms with Crippen molar-refractivity contribution in [1.29, 1.82) is 0 Å². The molecule has 0 radical (unpaired) electrons. The predicted molar refractivity (Wildman–Crippen MR) is 135 cm³/mol. The summed E-state index contributed by atoms with van der Waals surface area (Å²) in [6, 6.07) is 10.3. The lowest BCUT2D eigenvalue weighted by Crippen LogP contribution is -3.00. The van der Waals surface area contributed by atoms with Crippen molar-refractivity contribution in [2.24, 2.45) is 5.92 Å². The molecule has 0 amide bonds. The van der Waals surface area contributed by atoms with Gasteiger partial charge >= 0.3 is 5.97 Å². The molecule has 6 nitrogen and oxygen atoms in total. The van der Waals surface area contributed by atoms with Gasteiger partial charge in [0, 0.05) is 29.2 Å². The Morgan fingerprint density at radius 2 is 1.84 bits per heavy atom. The van der Waals surface area contributed by atoms with Gasteiger partial charge in [0.2, 0.25) is 5.82 Å². The van der Waals surface area contributed by atoms with Crippen LogP contribution in [-0.2, 0) is 21.5 Å². The van der Waals surface area contributed by atoms with Crippen molar-refractivity contribution >= 4 is 17.3 Å². The Kier molecular flexibility index (Phi) is 7.70. The number of hydrogen-bond acceptors (Lipinski definition) is 6. The van der Waals surface area contributed by atoms with E-state index in [-0.39, 0.29) is 30.3 Å². The standard InChI is InChI=1S/C28H33FN3O3S.ClH/c29-22-9-7-21(8-10-22)26-30-25(35-31-26)19-32-15-11-20(12-16-32)23(18-32)34-27(33)28(24-6-5-17-36-24)13-3-1-2-4-14-28;/h5-10,17,20,23H,1-4,11-16,18-19H2;1H/q+1;/p-1. The third kappa shape index (κ3) is 5.20. The molecule has 4 fully saturated rings. The van der Waals surface area contributed by atoms with Gasteiger partial charge in [-0.25, -0.2) is 4.39 Å². The van der Waals surface area contributed by atoms with Gasteiger partial charge in [0.15, 0.2) is 12.6 Å². The van der Waals surface area contributed by atoms with Crippen LogP contribution in [0.5, 0.6) is 0 Å². The molecule has 1 aromatic carbocycles. The molecule has 198 valence electrons. The largest absolute Gasteiger partial charge is 1.00 e. The molecule has 1 saturated carbocycles. The fraction of sp³-hybridized carbons (Fsp3) is 0.536. The van der Waals surface area contributed by atoms with E-state index in [9.17, 15) is 9.18 Å². The lowest BCUT2D eigenvalue weighted by Gasteiger charge is -2.51. The van der Waals surface area contributed by atoms with E-state index in [2.05, 4.69) is 27.7 Å². The number of nitrogens with zero attached hydrogens (tertiary/aromatic N) is 3. The maximum absolute atomic E-state index is 13.9. The molecule has 2 aromatic heterocycles. The quantitative estimate of drug-likeness (QED) is 0.271. The topological polar surface area (TPSA) is 65.2 Å². The Labute approximate surface area is 227 Å². The summed E-state index contributed by atoms with van der Waals surface area (Å²) in [5.41, 5.74) is 0.246. The highest BCUT2D eigenvalue weighted by atomic mass is 35.5. The number of carbonyl (C=O) groups is 1. The van der Waals surface area contributed by atoms with E-state index >= 15 is 0 Å². The fourth-order valence-corrected chi connectivity index (χ4v) is 7.56. The summed E-state index contributed by atoms with van der Waals surface area (Å²) in [5, 5.41) is 6.21. The first-order valence-electron chi connectivity index (χ1n) is 13.2. The van der Waals surface area contributed by atoms with Crippen LogP contribution >= 0.6 is 11.3 Å². The van der Waals surface area contributed by atoms with Crippen LogP contribution in [0.25, 0.3) is 11.4 Å². The van der Waals surface area contributed by atoms with Gasteiger partial charge in [0.25, 0.3) is 5.89 Å². The van der Waals surface area contributed by atoms with E-state index in [1.54, 1.807) is 23.5 Å². The van der Waals surface area contributed by atoms with Gasteiger partial charge in [0.1, 0.15) is 17.8 Å². The molecule has 4 aliphatic rings. The molecule has 1 aliphatic carbocycles. The summed E-state index contributed by atoms with van der Waals surface area (Å²) in [5.74, 6) is 1.18. The van der Waals surface area contributed by atoms with Crippen LogP contribution < -0.4 is 12.4 Å². The number of ether oxygens (including phenoxy) is 1. The molecule has 7 rings (SSSR count). The van der Waals surface area contributed by atoms with E-state index in [1.807, 2.05) is 0 Å². The van der Waals surface area contributed by atoms with Crippen LogP contribution in [0.2, 0.25) is 0 Å². The first-order chi connectivity index (χ1) is 17.6. The Balaban J connectivity index is 0.00000280. The third-order valence-corrected chi connectivity index (χ3v) is 9.76. The Morgan fingerprint density at radius 3 is 2.51 bits per heavy atom. The van der Waals surface area contributed by atoms with Gasteiger partial charge in [-0.2, -0.15) is 4.98 Å². The summed E-state index contributed by atoms with van der Waals surface area (Å²) < 4.78 is 26.2. The summed E-state index contributed by atoms with van der Waals surface area (Å²) in [4.78, 5) is 19.6. The second-order valence-corrected chi connectivity index (χ2v) is 11.9. The molecular weight excluding hydrogens is 513 g/mol. The van der Waals surface area contributed by atoms with Crippen molar-refractivity contribution in [1.82, 2.24) is 10.1 Å². The van der Waals surface area contributed by atoms with Gasteiger partial charge < -0.3 is 26.2 Å². The number of quaternary nitrogens is 1. The third-order valence-electron chi connectivity index (χ3n) is 8.68. The number of aromatic nitrogens is 2. The van der Waals surface area contributed by atoms with Crippen LogP contribution in [0, 0.1) is 11.7 Å². The van der Waals surface area contributed by atoms with Crippen molar-refractivity contribution in [3.63, 3.8) is 0 Å². The zero-order chi connectivity index (χ0) is 24.6. The molecule has 0 spiro atoms. The normalized spacial score (nSPS) is 26.7. The van der Waals surface area contributed by atoms with E-state index in [0.717, 1.165) is 68.2 Å². The van der Waals surface area contributed by atoms with Gasteiger partial charge in [0.05, 0.1) is 13.1 Å². The maximum atomic E-state index is 13.9. The van der Waals surface area contributed by atoms with Gasteiger partial charge in [-0.1, -0.05) is 36.9 Å². The molecule has 2 bridgehead atoms. The van der Waals surface area contributed by atoms with Crippen molar-refractivity contribution in [3.8, 4) is 11.4 Å². The molecule has 9 heteroatoms. The highest BCUT2D eigenvalue weighted by Crippen LogP contribution is 2.44. The van der Waals surface area contributed by atoms with Crippen LogP contribution in [0.15, 0.2) is 46.3 Å². The monoisotopic (exact) mass is 545 g/mol. The second-order valence-electron chi connectivity index (χ2n) is 10.9. The number of hydrogen-bond donors (Lipinski definition) is 0. The van der Waals surface area contributed by atoms with Gasteiger partial charge in [-0.15, -0.1) is 11.3 Å². The fourth-order valence-electron chi connectivity index (χ4n) is 6.58. The van der Waals surface area contributed by atoms with Crippen molar-refractivity contribution in [3.05, 3.63) is 58.4 Å². The van der Waals surface area contributed by atoms with Crippen LogP contribution in [0.1, 0.15) is 62.1 Å². The van der Waals surface area contributed by atoms with E-state index in [4.69, 9.17) is 9.26 Å². The maximum Gasteiger partial charge on any atom is 0.317 e. The minimum absolute atomic E-state index is 0. The SMILES string of the molecule is O=C(OC1C[N+]2(Cc3nc(-c4ccc(F)cc4)no3)CCC1CC2)C1(c2cccs2)CCCCCC1.[Cl-]. The molecule has 0 N–H and O–H groups in total. The molecule has 37 heavy (non-hydrogen) atoms. The van der Waals surface area contributed by atoms with Gasteiger partial charge in [-0.3, -0.25) is 4.79 Å².